The highest BCUT2D eigenvalue weighted by molar-refractivity contribution is 5.34. The van der Waals surface area contributed by atoms with Gasteiger partial charge in [0.1, 0.15) is 11.3 Å². The fraction of sp³-hybridized carbons (Fsp3) is 0.364. The number of benzene rings is 1. The lowest BCUT2D eigenvalue weighted by Gasteiger charge is -2.15. The fourth-order valence-electron chi connectivity index (χ4n) is 1.13. The predicted molar refractivity (Wildman–Crippen MR) is 54.8 cm³/mol. The van der Waals surface area contributed by atoms with E-state index in [2.05, 4.69) is 0 Å². The molecule has 0 aliphatic carbocycles. The molecule has 3 heteroatoms. The zero-order valence-electron chi connectivity index (χ0n) is 8.45. The summed E-state index contributed by atoms with van der Waals surface area (Å²) in [4.78, 5) is 0. The molecule has 0 aliphatic rings. The normalized spacial score (nSPS) is 14.1. The van der Waals surface area contributed by atoms with Crippen LogP contribution in [0, 0.1) is 11.3 Å². The van der Waals surface area contributed by atoms with Crippen LogP contribution in [0.5, 0.6) is 5.75 Å². The summed E-state index contributed by atoms with van der Waals surface area (Å²) in [6.45, 7) is 4.25. The van der Waals surface area contributed by atoms with Gasteiger partial charge in [0, 0.05) is 0 Å². The van der Waals surface area contributed by atoms with Gasteiger partial charge in [-0.1, -0.05) is 12.1 Å². The van der Waals surface area contributed by atoms with E-state index in [4.69, 9.17) is 15.7 Å². The minimum Gasteiger partial charge on any atom is -0.494 e. The highest BCUT2D eigenvalue weighted by Crippen LogP contribution is 2.20. The molecular formula is C11H14N2O. The molecule has 0 fully saturated rings. The molecule has 1 aromatic carbocycles. The van der Waals surface area contributed by atoms with Crippen molar-refractivity contribution in [2.45, 2.75) is 19.4 Å². The average Bonchev–Trinajstić information content (AvgIpc) is 2.19. The summed E-state index contributed by atoms with van der Waals surface area (Å²) in [5.41, 5.74) is 5.63. The summed E-state index contributed by atoms with van der Waals surface area (Å²) in [5.74, 6) is 0.796. The first kappa shape index (κ1) is 10.6. The highest BCUT2D eigenvalue weighted by atomic mass is 16.5. The molecule has 0 bridgehead atoms. The van der Waals surface area contributed by atoms with Gasteiger partial charge in [0.05, 0.1) is 12.7 Å². The summed E-state index contributed by atoms with van der Waals surface area (Å²) >= 11 is 0. The number of rotatable bonds is 3. The van der Waals surface area contributed by atoms with Crippen molar-refractivity contribution in [3.8, 4) is 11.8 Å². The molecule has 0 aromatic heterocycles. The van der Waals surface area contributed by atoms with Gasteiger partial charge in [-0.25, -0.2) is 0 Å². The van der Waals surface area contributed by atoms with Gasteiger partial charge >= 0.3 is 0 Å². The molecule has 1 atom stereocenters. The van der Waals surface area contributed by atoms with E-state index in [1.807, 2.05) is 37.3 Å². The molecule has 1 rings (SSSR count). The van der Waals surface area contributed by atoms with Crippen LogP contribution < -0.4 is 10.5 Å². The number of ether oxygens (including phenoxy) is 1. The zero-order valence-corrected chi connectivity index (χ0v) is 8.45. The number of hydrogen-bond acceptors (Lipinski definition) is 3. The maximum atomic E-state index is 8.81. The van der Waals surface area contributed by atoms with Crippen LogP contribution in [0.1, 0.15) is 19.4 Å². The highest BCUT2D eigenvalue weighted by Gasteiger charge is 2.19. The lowest BCUT2D eigenvalue weighted by molar-refractivity contribution is 0.340. The van der Waals surface area contributed by atoms with Crippen molar-refractivity contribution >= 4 is 0 Å². The Kier molecular flexibility index (Phi) is 3.10. The lowest BCUT2D eigenvalue weighted by Crippen LogP contribution is -2.30. The van der Waals surface area contributed by atoms with Crippen LogP contribution in [0.25, 0.3) is 0 Å². The third kappa shape index (κ3) is 2.24. The van der Waals surface area contributed by atoms with E-state index in [1.54, 1.807) is 6.92 Å². The summed E-state index contributed by atoms with van der Waals surface area (Å²) in [5, 5.41) is 8.81. The monoisotopic (exact) mass is 190 g/mol. The molecular weight excluding hydrogens is 176 g/mol. The smallest absolute Gasteiger partial charge is 0.126 e. The van der Waals surface area contributed by atoms with E-state index in [-0.39, 0.29) is 0 Å². The lowest BCUT2D eigenvalue weighted by atomic mass is 9.95. The molecule has 14 heavy (non-hydrogen) atoms. The van der Waals surface area contributed by atoms with E-state index < -0.39 is 5.54 Å². The Morgan fingerprint density at radius 1 is 1.43 bits per heavy atom. The molecule has 0 heterocycles. The molecule has 74 valence electrons. The van der Waals surface area contributed by atoms with Gasteiger partial charge < -0.3 is 10.5 Å². The van der Waals surface area contributed by atoms with E-state index in [0.29, 0.717) is 6.61 Å². The van der Waals surface area contributed by atoms with Crippen LogP contribution in [0.4, 0.5) is 0 Å². The first-order valence-electron chi connectivity index (χ1n) is 4.53. The quantitative estimate of drug-likeness (QED) is 0.790. The van der Waals surface area contributed by atoms with Gasteiger partial charge in [0.2, 0.25) is 0 Å². The van der Waals surface area contributed by atoms with Crippen LogP contribution in [0.3, 0.4) is 0 Å². The molecule has 0 aliphatic heterocycles. The first-order valence-corrected chi connectivity index (χ1v) is 4.53. The standard InChI is InChI=1S/C11H14N2O/c1-3-14-10-6-4-9(5-7-10)11(2,13)8-12/h4-7H,3,13H2,1-2H3. The summed E-state index contributed by atoms with van der Waals surface area (Å²) < 4.78 is 5.28. The van der Waals surface area contributed by atoms with Crippen molar-refractivity contribution in [3.63, 3.8) is 0 Å². The van der Waals surface area contributed by atoms with E-state index in [1.165, 1.54) is 0 Å². The van der Waals surface area contributed by atoms with Gasteiger partial charge in [0.25, 0.3) is 0 Å². The molecule has 0 saturated heterocycles. The summed E-state index contributed by atoms with van der Waals surface area (Å²) in [6, 6.07) is 9.31. The Hall–Kier alpha value is -1.53. The Balaban J connectivity index is 2.90. The van der Waals surface area contributed by atoms with Crippen LogP contribution in [0.2, 0.25) is 0 Å². The zero-order chi connectivity index (χ0) is 10.6. The van der Waals surface area contributed by atoms with Gasteiger partial charge in [-0.2, -0.15) is 5.26 Å². The van der Waals surface area contributed by atoms with Crippen molar-refractivity contribution in [2.75, 3.05) is 6.61 Å². The molecule has 1 aromatic rings. The van der Waals surface area contributed by atoms with Crippen LogP contribution in [-0.4, -0.2) is 6.61 Å². The number of nitrogens with two attached hydrogens (primary N) is 1. The van der Waals surface area contributed by atoms with Gasteiger partial charge in [-0.15, -0.1) is 0 Å². The molecule has 1 unspecified atom stereocenters. The second-order valence-electron chi connectivity index (χ2n) is 3.27. The van der Waals surface area contributed by atoms with Crippen molar-refractivity contribution < 1.29 is 4.74 Å². The molecule has 0 amide bonds. The molecule has 0 spiro atoms. The number of nitriles is 1. The van der Waals surface area contributed by atoms with Gasteiger partial charge in [-0.05, 0) is 31.5 Å². The molecule has 0 radical (unpaired) electrons. The Bertz CT molecular complexity index is 335. The Morgan fingerprint density at radius 3 is 2.43 bits per heavy atom. The maximum Gasteiger partial charge on any atom is 0.126 e. The minimum atomic E-state index is -0.926. The molecule has 0 saturated carbocycles. The summed E-state index contributed by atoms with van der Waals surface area (Å²) in [6.07, 6.45) is 0. The minimum absolute atomic E-state index is 0.636. The topological polar surface area (TPSA) is 59.0 Å². The first-order chi connectivity index (χ1) is 6.60. The largest absolute Gasteiger partial charge is 0.494 e. The SMILES string of the molecule is CCOc1ccc(C(C)(N)C#N)cc1. The van der Waals surface area contributed by atoms with E-state index in [9.17, 15) is 0 Å². The van der Waals surface area contributed by atoms with Crippen molar-refractivity contribution in [3.05, 3.63) is 29.8 Å². The fourth-order valence-corrected chi connectivity index (χ4v) is 1.13. The average molecular weight is 190 g/mol. The molecule has 2 N–H and O–H groups in total. The van der Waals surface area contributed by atoms with Gasteiger partial charge in [-0.3, -0.25) is 0 Å². The van der Waals surface area contributed by atoms with Crippen LogP contribution in [0.15, 0.2) is 24.3 Å². The van der Waals surface area contributed by atoms with Crippen molar-refractivity contribution in [1.29, 1.82) is 5.26 Å². The van der Waals surface area contributed by atoms with Crippen molar-refractivity contribution in [2.24, 2.45) is 5.73 Å². The van der Waals surface area contributed by atoms with Crippen LogP contribution in [-0.2, 0) is 5.54 Å². The third-order valence-corrected chi connectivity index (χ3v) is 2.00. The Morgan fingerprint density at radius 2 is 2.00 bits per heavy atom. The maximum absolute atomic E-state index is 8.81. The number of nitrogens with zero attached hydrogens (tertiary/aromatic N) is 1. The number of hydrogen-bond donors (Lipinski definition) is 1. The van der Waals surface area contributed by atoms with Crippen LogP contribution >= 0.6 is 0 Å². The summed E-state index contributed by atoms with van der Waals surface area (Å²) in [7, 11) is 0. The van der Waals surface area contributed by atoms with E-state index in [0.717, 1.165) is 11.3 Å². The second kappa shape index (κ2) is 4.12. The molecule has 3 nitrogen and oxygen atoms in total. The third-order valence-electron chi connectivity index (χ3n) is 2.00. The van der Waals surface area contributed by atoms with Crippen molar-refractivity contribution in [1.82, 2.24) is 0 Å². The van der Waals surface area contributed by atoms with Gasteiger partial charge in [0.15, 0.2) is 0 Å². The Labute approximate surface area is 84.1 Å². The second-order valence-corrected chi connectivity index (χ2v) is 3.27. The predicted octanol–water partition coefficient (Wildman–Crippen LogP) is 1.78. The van der Waals surface area contributed by atoms with E-state index >= 15 is 0 Å².